The van der Waals surface area contributed by atoms with Crippen LogP contribution in [0.3, 0.4) is 0 Å². The van der Waals surface area contributed by atoms with Gasteiger partial charge in [0.1, 0.15) is 29.0 Å². The van der Waals surface area contributed by atoms with Gasteiger partial charge in [0.15, 0.2) is 10.8 Å². The molecule has 292 valence electrons. The van der Waals surface area contributed by atoms with Gasteiger partial charge in [-0.3, -0.25) is 10.1 Å². The number of ether oxygens (including phenoxy) is 2. The molecule has 3 aromatic carbocycles. The number of halogens is 3. The molecule has 9 nitrogen and oxygen atoms in total. The number of carbonyl (C=O) groups is 3. The summed E-state index contributed by atoms with van der Waals surface area (Å²) in [5, 5.41) is 3.42. The number of thiazole rings is 1. The second kappa shape index (κ2) is 16.0. The molecule has 0 unspecified atom stereocenters. The molecular weight excluding hydrogens is 742 g/mol. The van der Waals surface area contributed by atoms with Gasteiger partial charge in [-0.2, -0.15) is 13.2 Å². The van der Waals surface area contributed by atoms with E-state index in [9.17, 15) is 14.4 Å². The summed E-state index contributed by atoms with van der Waals surface area (Å²) in [7, 11) is 0. The number of nitrogens with one attached hydrogen (secondary N) is 1. The van der Waals surface area contributed by atoms with E-state index in [0.717, 1.165) is 46.9 Å². The van der Waals surface area contributed by atoms with E-state index in [1.54, 1.807) is 32.9 Å². The van der Waals surface area contributed by atoms with Crippen LogP contribution in [0.4, 0.5) is 24.1 Å². The van der Waals surface area contributed by atoms with E-state index in [1.807, 2.05) is 41.3 Å². The third-order valence-electron chi connectivity index (χ3n) is 10.2. The van der Waals surface area contributed by atoms with E-state index in [2.05, 4.69) is 10.3 Å². The Kier molecular flexibility index (Phi) is 11.2. The van der Waals surface area contributed by atoms with Crippen LogP contribution in [0.25, 0.3) is 21.3 Å². The van der Waals surface area contributed by atoms with Crippen molar-refractivity contribution < 1.29 is 37.0 Å². The Balaban J connectivity index is 1.20. The predicted octanol–water partition coefficient (Wildman–Crippen LogP) is 10.1. The van der Waals surface area contributed by atoms with Crippen molar-refractivity contribution in [2.24, 2.45) is 5.92 Å². The number of rotatable bonds is 10. The number of fused-ring (bicyclic) bond motifs is 2. The molecule has 3 heterocycles. The summed E-state index contributed by atoms with van der Waals surface area (Å²) in [6, 6.07) is 20.4. The molecule has 0 atom stereocenters. The van der Waals surface area contributed by atoms with Crippen molar-refractivity contribution in [3.8, 4) is 16.9 Å². The minimum absolute atomic E-state index is 0.0355. The zero-order valence-electron chi connectivity index (χ0n) is 31.4. The van der Waals surface area contributed by atoms with E-state index < -0.39 is 29.4 Å². The summed E-state index contributed by atoms with van der Waals surface area (Å²) >= 11 is 1.38. The first-order valence-corrected chi connectivity index (χ1v) is 19.7. The average molecular weight is 785 g/mol. The molecule has 0 spiro atoms. The van der Waals surface area contributed by atoms with Gasteiger partial charge >= 0.3 is 12.1 Å². The number of esters is 1. The number of alkyl halides is 3. The van der Waals surface area contributed by atoms with Crippen LogP contribution < -0.4 is 15.0 Å². The SMILES string of the molecule is CC(C)(C)OC(=O)c1nc(N2CCc3cccc(C(=O)Nc4nc5ccccc5s4)c3C2)ccc1-c1cccc(OC2CCC(CCC=O)CC2)c1C(F)(F)F. The number of nitrogens with zero attached hydrogens (tertiary/aromatic N) is 3. The summed E-state index contributed by atoms with van der Waals surface area (Å²) in [4.78, 5) is 49.5. The molecule has 2 aromatic heterocycles. The average Bonchev–Trinajstić information content (AvgIpc) is 3.58. The largest absolute Gasteiger partial charge is 0.490 e. The van der Waals surface area contributed by atoms with Gasteiger partial charge in [0.05, 0.1) is 16.3 Å². The van der Waals surface area contributed by atoms with Crippen LogP contribution in [0, 0.1) is 5.92 Å². The standard InChI is InChI=1S/C43H43F3N4O5S/c1-42(2,3)55-40(53)38-30(29-11-7-14-34(37(29)43(44,45)46)54-28-18-16-26(17-19-28)9-8-24-51)20-21-36(48-38)50-23-22-27-10-6-12-31(32(27)25-50)39(52)49-41-47-33-13-4-5-15-35(33)56-41/h4-7,10-15,20-21,24,26,28H,8-9,16-19,22-23,25H2,1-3H3,(H,47,49,52). The van der Waals surface area contributed by atoms with Gasteiger partial charge in [0.25, 0.3) is 5.91 Å². The highest BCUT2D eigenvalue weighted by Gasteiger charge is 2.40. The van der Waals surface area contributed by atoms with E-state index in [1.165, 1.54) is 35.6 Å². The molecule has 1 aliphatic carbocycles. The second-order valence-electron chi connectivity index (χ2n) is 15.3. The maximum Gasteiger partial charge on any atom is 0.420 e. The Morgan fingerprint density at radius 1 is 0.929 bits per heavy atom. The fourth-order valence-corrected chi connectivity index (χ4v) is 8.43. The van der Waals surface area contributed by atoms with Crippen molar-refractivity contribution in [3.05, 3.63) is 101 Å². The van der Waals surface area contributed by atoms with Crippen LogP contribution in [-0.2, 0) is 28.7 Å². The first kappa shape index (κ1) is 39.0. The molecule has 0 bridgehead atoms. The molecule has 1 amide bonds. The second-order valence-corrected chi connectivity index (χ2v) is 16.3. The van der Waals surface area contributed by atoms with Crippen LogP contribution in [-0.4, -0.2) is 46.4 Å². The molecular formula is C43H43F3N4O5S. The molecule has 7 rings (SSSR count). The lowest BCUT2D eigenvalue weighted by Gasteiger charge is -2.32. The summed E-state index contributed by atoms with van der Waals surface area (Å²) in [5.41, 5.74) is 0.546. The molecule has 56 heavy (non-hydrogen) atoms. The third-order valence-corrected chi connectivity index (χ3v) is 11.2. The fraction of sp³-hybridized carbons (Fsp3) is 0.372. The molecule has 1 aliphatic heterocycles. The highest BCUT2D eigenvalue weighted by Crippen LogP contribution is 2.45. The zero-order valence-corrected chi connectivity index (χ0v) is 32.3. The van der Waals surface area contributed by atoms with Gasteiger partial charge in [-0.05, 0) is 113 Å². The quantitative estimate of drug-likeness (QED) is 0.110. The van der Waals surface area contributed by atoms with Gasteiger partial charge in [-0.15, -0.1) is 0 Å². The maximum absolute atomic E-state index is 15.1. The van der Waals surface area contributed by atoms with Crippen molar-refractivity contribution >= 4 is 50.7 Å². The number of aldehydes is 1. The Morgan fingerprint density at radius 3 is 2.43 bits per heavy atom. The maximum atomic E-state index is 15.1. The van der Waals surface area contributed by atoms with Crippen molar-refractivity contribution in [1.82, 2.24) is 9.97 Å². The third kappa shape index (κ3) is 8.72. The van der Waals surface area contributed by atoms with Gasteiger partial charge in [-0.1, -0.05) is 47.7 Å². The van der Waals surface area contributed by atoms with Gasteiger partial charge in [0, 0.05) is 36.2 Å². The van der Waals surface area contributed by atoms with Gasteiger partial charge in [-0.25, -0.2) is 14.8 Å². The zero-order chi connectivity index (χ0) is 39.6. The van der Waals surface area contributed by atoms with Gasteiger partial charge < -0.3 is 19.2 Å². The van der Waals surface area contributed by atoms with E-state index in [0.29, 0.717) is 54.7 Å². The molecule has 1 saturated carbocycles. The van der Waals surface area contributed by atoms with Crippen LogP contribution in [0.5, 0.6) is 5.75 Å². The highest BCUT2D eigenvalue weighted by atomic mass is 32.1. The minimum Gasteiger partial charge on any atom is -0.490 e. The Morgan fingerprint density at radius 2 is 1.70 bits per heavy atom. The van der Waals surface area contributed by atoms with Crippen molar-refractivity contribution in [2.75, 3.05) is 16.8 Å². The molecule has 1 N–H and O–H groups in total. The Bertz CT molecular complexity index is 2230. The smallest absolute Gasteiger partial charge is 0.420 e. The van der Waals surface area contributed by atoms with E-state index in [-0.39, 0.29) is 35.0 Å². The minimum atomic E-state index is -4.82. The monoisotopic (exact) mass is 784 g/mol. The Hall–Kier alpha value is -5.30. The molecule has 5 aromatic rings. The summed E-state index contributed by atoms with van der Waals surface area (Å²) in [6.45, 7) is 5.80. The van der Waals surface area contributed by atoms with E-state index in [4.69, 9.17) is 14.5 Å². The number of pyridine rings is 1. The van der Waals surface area contributed by atoms with Crippen LogP contribution >= 0.6 is 11.3 Å². The van der Waals surface area contributed by atoms with Crippen molar-refractivity contribution in [3.63, 3.8) is 0 Å². The van der Waals surface area contributed by atoms with Crippen LogP contribution in [0.1, 0.15) is 96.8 Å². The number of para-hydroxylation sites is 1. The number of anilines is 2. The molecule has 0 radical (unpaired) electrons. The van der Waals surface area contributed by atoms with Crippen molar-refractivity contribution in [1.29, 1.82) is 0 Å². The van der Waals surface area contributed by atoms with Crippen LogP contribution in [0.2, 0.25) is 0 Å². The Labute approximate surface area is 327 Å². The molecule has 1 fully saturated rings. The number of carbonyl (C=O) groups excluding carboxylic acids is 3. The van der Waals surface area contributed by atoms with Crippen LogP contribution in [0.15, 0.2) is 72.8 Å². The lowest BCUT2D eigenvalue weighted by Crippen LogP contribution is -2.33. The normalized spacial score (nSPS) is 17.3. The molecule has 13 heteroatoms. The van der Waals surface area contributed by atoms with E-state index >= 15 is 13.2 Å². The molecule has 0 saturated heterocycles. The summed E-state index contributed by atoms with van der Waals surface area (Å²) in [6.07, 6.45) is 0.151. The first-order valence-electron chi connectivity index (χ1n) is 18.9. The first-order chi connectivity index (χ1) is 26.8. The topological polar surface area (TPSA) is 111 Å². The number of aromatic nitrogens is 2. The summed E-state index contributed by atoms with van der Waals surface area (Å²) < 4.78 is 57.9. The number of amides is 1. The fourth-order valence-electron chi connectivity index (χ4n) is 7.57. The number of hydrogen-bond acceptors (Lipinski definition) is 9. The lowest BCUT2D eigenvalue weighted by atomic mass is 9.84. The number of benzene rings is 3. The predicted molar refractivity (Wildman–Crippen MR) is 210 cm³/mol. The summed E-state index contributed by atoms with van der Waals surface area (Å²) in [5.74, 6) is -0.788. The van der Waals surface area contributed by atoms with Crippen molar-refractivity contribution in [2.45, 2.75) is 90.1 Å². The number of hydrogen-bond donors (Lipinski definition) is 1. The molecule has 2 aliphatic rings. The van der Waals surface area contributed by atoms with Gasteiger partial charge in [0.2, 0.25) is 0 Å². The highest BCUT2D eigenvalue weighted by molar-refractivity contribution is 7.22. The lowest BCUT2D eigenvalue weighted by molar-refractivity contribution is -0.138.